The van der Waals surface area contributed by atoms with Crippen LogP contribution in [-0.4, -0.2) is 29.2 Å². The lowest BCUT2D eigenvalue weighted by atomic mass is 10.0. The maximum Gasteiger partial charge on any atom is 0.253 e. The van der Waals surface area contributed by atoms with Crippen LogP contribution in [0.15, 0.2) is 52.9 Å². The summed E-state index contributed by atoms with van der Waals surface area (Å²) >= 11 is 6.09. The van der Waals surface area contributed by atoms with Gasteiger partial charge in [-0.3, -0.25) is 4.79 Å². The molecule has 1 unspecified atom stereocenters. The van der Waals surface area contributed by atoms with Crippen LogP contribution in [-0.2, 0) is 11.3 Å². The normalized spacial score (nSPS) is 16.7. The largest absolute Gasteiger partial charge is 0.483 e. The van der Waals surface area contributed by atoms with E-state index in [4.69, 9.17) is 25.5 Å². The Labute approximate surface area is 167 Å². The molecule has 0 N–H and O–H groups in total. The molecule has 1 saturated heterocycles. The first-order valence-corrected chi connectivity index (χ1v) is 9.50. The van der Waals surface area contributed by atoms with E-state index in [-0.39, 0.29) is 18.3 Å². The van der Waals surface area contributed by atoms with Crippen molar-refractivity contribution in [1.82, 2.24) is 10.2 Å². The molecule has 3 aromatic rings. The van der Waals surface area contributed by atoms with Gasteiger partial charge in [0.15, 0.2) is 12.4 Å². The Morgan fingerprint density at radius 3 is 2.82 bits per heavy atom. The third-order valence-corrected chi connectivity index (χ3v) is 4.80. The summed E-state index contributed by atoms with van der Waals surface area (Å²) in [6.07, 6.45) is 1.95. The minimum absolute atomic E-state index is 0.0667. The molecule has 7 heteroatoms. The highest BCUT2D eigenvalue weighted by molar-refractivity contribution is 6.31. The van der Waals surface area contributed by atoms with Crippen molar-refractivity contribution in [2.24, 2.45) is 0 Å². The van der Waals surface area contributed by atoms with Crippen molar-refractivity contribution in [2.75, 3.05) is 13.2 Å². The highest BCUT2D eigenvalue weighted by atomic mass is 35.5. The fraction of sp³-hybridized carbons (Fsp3) is 0.286. The molecule has 1 atom stereocenters. The Morgan fingerprint density at radius 2 is 2.04 bits per heavy atom. The standard InChI is InChI=1S/C21H19ClN2O4/c22-16-8-9-18(17(11-16)20(25)14-5-2-1-3-6-14)27-13-19-23-24-21(28-19)15-7-4-10-26-12-15/h1-3,5-6,8-9,11,15H,4,7,10,12-13H2. The zero-order chi connectivity index (χ0) is 19.3. The zero-order valence-electron chi connectivity index (χ0n) is 15.1. The van der Waals surface area contributed by atoms with Crippen LogP contribution in [0.25, 0.3) is 0 Å². The monoisotopic (exact) mass is 398 g/mol. The maximum atomic E-state index is 12.8. The average Bonchev–Trinajstić information content (AvgIpc) is 3.23. The number of aromatic nitrogens is 2. The van der Waals surface area contributed by atoms with Gasteiger partial charge in [-0.25, -0.2) is 0 Å². The summed E-state index contributed by atoms with van der Waals surface area (Å²) in [5, 5.41) is 8.62. The fourth-order valence-electron chi connectivity index (χ4n) is 3.12. The molecule has 2 aromatic carbocycles. The van der Waals surface area contributed by atoms with E-state index in [9.17, 15) is 4.79 Å². The van der Waals surface area contributed by atoms with E-state index in [1.807, 2.05) is 18.2 Å². The quantitative estimate of drug-likeness (QED) is 0.572. The minimum atomic E-state index is -0.163. The Bertz CT molecular complexity index is 952. The van der Waals surface area contributed by atoms with E-state index in [1.165, 1.54) is 0 Å². The molecule has 0 spiro atoms. The van der Waals surface area contributed by atoms with Gasteiger partial charge in [-0.15, -0.1) is 10.2 Å². The van der Waals surface area contributed by atoms with Gasteiger partial charge in [-0.2, -0.15) is 0 Å². The van der Waals surface area contributed by atoms with Crippen LogP contribution in [0.3, 0.4) is 0 Å². The first-order chi connectivity index (χ1) is 13.7. The summed E-state index contributed by atoms with van der Waals surface area (Å²) in [5.41, 5.74) is 0.950. The molecule has 0 amide bonds. The molecule has 4 rings (SSSR count). The molecule has 0 bridgehead atoms. The number of ketones is 1. The number of ether oxygens (including phenoxy) is 2. The van der Waals surface area contributed by atoms with Crippen molar-refractivity contribution in [2.45, 2.75) is 25.4 Å². The molecule has 28 heavy (non-hydrogen) atoms. The van der Waals surface area contributed by atoms with Crippen molar-refractivity contribution in [3.05, 3.63) is 76.5 Å². The molecule has 6 nitrogen and oxygen atoms in total. The van der Waals surface area contributed by atoms with Gasteiger partial charge in [-0.05, 0) is 31.0 Å². The highest BCUT2D eigenvalue weighted by Crippen LogP contribution is 2.27. The second-order valence-corrected chi connectivity index (χ2v) is 7.01. The predicted molar refractivity (Wildman–Crippen MR) is 103 cm³/mol. The van der Waals surface area contributed by atoms with Crippen molar-refractivity contribution in [3.8, 4) is 5.75 Å². The number of carbonyl (C=O) groups is 1. The van der Waals surface area contributed by atoms with Crippen LogP contribution in [0.4, 0.5) is 0 Å². The summed E-state index contributed by atoms with van der Waals surface area (Å²) in [6.45, 7) is 1.43. The van der Waals surface area contributed by atoms with Crippen molar-refractivity contribution in [1.29, 1.82) is 0 Å². The van der Waals surface area contributed by atoms with Crippen molar-refractivity contribution >= 4 is 17.4 Å². The Hall–Kier alpha value is -2.70. The average molecular weight is 399 g/mol. The van der Waals surface area contributed by atoms with E-state index in [1.54, 1.807) is 30.3 Å². The van der Waals surface area contributed by atoms with Gasteiger partial charge in [0, 0.05) is 17.2 Å². The van der Waals surface area contributed by atoms with E-state index in [0.717, 1.165) is 19.4 Å². The van der Waals surface area contributed by atoms with Crippen LogP contribution in [0, 0.1) is 0 Å². The summed E-state index contributed by atoms with van der Waals surface area (Å²) in [6, 6.07) is 13.9. The summed E-state index contributed by atoms with van der Waals surface area (Å²) in [5.74, 6) is 1.30. The number of hydrogen-bond acceptors (Lipinski definition) is 6. The summed E-state index contributed by atoms with van der Waals surface area (Å²) in [7, 11) is 0. The predicted octanol–water partition coefficient (Wildman–Crippen LogP) is 4.43. The topological polar surface area (TPSA) is 74.5 Å². The lowest BCUT2D eigenvalue weighted by molar-refractivity contribution is 0.0716. The molecule has 2 heterocycles. The molecule has 1 aliphatic heterocycles. The minimum Gasteiger partial charge on any atom is -0.483 e. The molecule has 0 radical (unpaired) electrons. The third-order valence-electron chi connectivity index (χ3n) is 4.57. The van der Waals surface area contributed by atoms with E-state index < -0.39 is 0 Å². The molecule has 1 aromatic heterocycles. The number of halogens is 1. The molecule has 144 valence electrons. The van der Waals surface area contributed by atoms with Crippen LogP contribution < -0.4 is 4.74 Å². The number of carbonyl (C=O) groups excluding carboxylic acids is 1. The van der Waals surface area contributed by atoms with Crippen LogP contribution in [0.2, 0.25) is 5.02 Å². The Kier molecular flexibility index (Phi) is 5.69. The lowest BCUT2D eigenvalue weighted by Gasteiger charge is -2.18. The summed E-state index contributed by atoms with van der Waals surface area (Å²) < 4.78 is 17.0. The van der Waals surface area contributed by atoms with Crippen LogP contribution in [0.5, 0.6) is 5.75 Å². The Morgan fingerprint density at radius 1 is 1.18 bits per heavy atom. The van der Waals surface area contributed by atoms with Gasteiger partial charge in [0.1, 0.15) is 5.75 Å². The van der Waals surface area contributed by atoms with Gasteiger partial charge < -0.3 is 13.9 Å². The highest BCUT2D eigenvalue weighted by Gasteiger charge is 2.22. The summed E-state index contributed by atoms with van der Waals surface area (Å²) in [4.78, 5) is 12.8. The second-order valence-electron chi connectivity index (χ2n) is 6.57. The molecular weight excluding hydrogens is 380 g/mol. The van der Waals surface area contributed by atoms with Crippen molar-refractivity contribution in [3.63, 3.8) is 0 Å². The van der Waals surface area contributed by atoms with Gasteiger partial charge >= 0.3 is 0 Å². The van der Waals surface area contributed by atoms with Gasteiger partial charge in [0.05, 0.1) is 18.1 Å². The van der Waals surface area contributed by atoms with Gasteiger partial charge in [0.25, 0.3) is 5.89 Å². The number of benzene rings is 2. The second kappa shape index (κ2) is 8.54. The van der Waals surface area contributed by atoms with Crippen LogP contribution in [0.1, 0.15) is 46.5 Å². The van der Waals surface area contributed by atoms with Gasteiger partial charge in [-0.1, -0.05) is 41.9 Å². The van der Waals surface area contributed by atoms with Gasteiger partial charge in [0.2, 0.25) is 5.89 Å². The lowest BCUT2D eigenvalue weighted by Crippen LogP contribution is -2.15. The van der Waals surface area contributed by atoms with E-state index in [2.05, 4.69) is 10.2 Å². The molecule has 0 aliphatic carbocycles. The van der Waals surface area contributed by atoms with E-state index >= 15 is 0 Å². The fourth-order valence-corrected chi connectivity index (χ4v) is 3.29. The molecule has 0 saturated carbocycles. The SMILES string of the molecule is O=C(c1ccccc1)c1cc(Cl)ccc1OCc1nnc(C2CCCOC2)o1. The Balaban J connectivity index is 1.49. The molecule has 1 aliphatic rings. The zero-order valence-corrected chi connectivity index (χ0v) is 15.9. The van der Waals surface area contributed by atoms with Crippen LogP contribution >= 0.6 is 11.6 Å². The molecule has 1 fully saturated rings. The molecular formula is C21H19ClN2O4. The maximum absolute atomic E-state index is 12.8. The van der Waals surface area contributed by atoms with Crippen molar-refractivity contribution < 1.29 is 18.7 Å². The third kappa shape index (κ3) is 4.24. The first kappa shape index (κ1) is 18.7. The first-order valence-electron chi connectivity index (χ1n) is 9.13. The number of nitrogens with zero attached hydrogens (tertiary/aromatic N) is 2. The smallest absolute Gasteiger partial charge is 0.253 e. The number of rotatable bonds is 6. The number of hydrogen-bond donors (Lipinski definition) is 0. The van der Waals surface area contributed by atoms with E-state index in [0.29, 0.717) is 40.3 Å².